The van der Waals surface area contributed by atoms with E-state index in [0.29, 0.717) is 6.42 Å². The second kappa shape index (κ2) is 5.79. The van der Waals surface area contributed by atoms with E-state index in [9.17, 15) is 0 Å². The van der Waals surface area contributed by atoms with Crippen molar-refractivity contribution in [3.05, 3.63) is 12.2 Å². The normalized spacial score (nSPS) is 14.6. The van der Waals surface area contributed by atoms with Gasteiger partial charge >= 0.3 is 0 Å². The van der Waals surface area contributed by atoms with Crippen LogP contribution in [0, 0.1) is 0 Å². The molecule has 0 saturated carbocycles. The Hall–Kier alpha value is -0.340. The first kappa shape index (κ1) is 8.66. The zero-order valence-electron chi connectivity index (χ0n) is 6.00. The molecule has 1 atom stereocenters. The van der Waals surface area contributed by atoms with Crippen molar-refractivity contribution in [3.63, 3.8) is 0 Å². The van der Waals surface area contributed by atoms with Gasteiger partial charge in [-0.15, -0.1) is 0 Å². The zero-order valence-corrected chi connectivity index (χ0v) is 6.00. The lowest BCUT2D eigenvalue weighted by Gasteiger charge is -2.02. The first-order valence-corrected chi connectivity index (χ1v) is 3.17. The molecule has 0 radical (unpaired) electrons. The highest BCUT2D eigenvalue weighted by Gasteiger charge is 1.93. The van der Waals surface area contributed by atoms with Crippen molar-refractivity contribution < 1.29 is 9.84 Å². The second-order valence-corrected chi connectivity index (χ2v) is 1.81. The Kier molecular flexibility index (Phi) is 5.57. The predicted molar refractivity (Wildman–Crippen MR) is 37.1 cm³/mol. The SMILES string of the molecule is CC/C=C/C[C@@H](O)OC. The molecule has 0 aliphatic rings. The molecule has 0 fully saturated rings. The molecule has 9 heavy (non-hydrogen) atoms. The number of methoxy groups -OCH3 is 1. The fraction of sp³-hybridized carbons (Fsp3) is 0.714. The van der Waals surface area contributed by atoms with Gasteiger partial charge in [0.05, 0.1) is 0 Å². The summed E-state index contributed by atoms with van der Waals surface area (Å²) >= 11 is 0. The van der Waals surface area contributed by atoms with Gasteiger partial charge in [-0.2, -0.15) is 0 Å². The molecule has 0 spiro atoms. The average Bonchev–Trinajstić information content (AvgIpc) is 1.89. The van der Waals surface area contributed by atoms with Gasteiger partial charge in [0, 0.05) is 13.5 Å². The van der Waals surface area contributed by atoms with E-state index in [1.165, 1.54) is 7.11 Å². The third kappa shape index (κ3) is 5.53. The van der Waals surface area contributed by atoms with Crippen LogP contribution in [0.3, 0.4) is 0 Å². The molecule has 0 aliphatic carbocycles. The molecule has 0 heterocycles. The fourth-order valence-electron chi connectivity index (χ4n) is 0.476. The molecule has 54 valence electrons. The Balaban J connectivity index is 3.15. The molecule has 2 nitrogen and oxygen atoms in total. The van der Waals surface area contributed by atoms with Crippen molar-refractivity contribution in [3.8, 4) is 0 Å². The molecule has 0 amide bonds. The van der Waals surface area contributed by atoms with Crippen LogP contribution < -0.4 is 0 Å². The number of hydrogen-bond acceptors (Lipinski definition) is 2. The smallest absolute Gasteiger partial charge is 0.157 e. The van der Waals surface area contributed by atoms with Crippen LogP contribution in [0.2, 0.25) is 0 Å². The van der Waals surface area contributed by atoms with Gasteiger partial charge in [0.15, 0.2) is 6.29 Å². The molecule has 0 unspecified atom stereocenters. The van der Waals surface area contributed by atoms with Crippen LogP contribution in [-0.4, -0.2) is 18.5 Å². The molecule has 0 aromatic carbocycles. The van der Waals surface area contributed by atoms with Gasteiger partial charge in [0.2, 0.25) is 0 Å². The summed E-state index contributed by atoms with van der Waals surface area (Å²) in [4.78, 5) is 0. The van der Waals surface area contributed by atoms with E-state index in [-0.39, 0.29) is 0 Å². The van der Waals surface area contributed by atoms with Crippen LogP contribution in [0.1, 0.15) is 19.8 Å². The number of rotatable bonds is 4. The zero-order chi connectivity index (χ0) is 7.11. The van der Waals surface area contributed by atoms with Crippen LogP contribution in [0.4, 0.5) is 0 Å². The summed E-state index contributed by atoms with van der Waals surface area (Å²) in [6, 6.07) is 0. The first-order valence-electron chi connectivity index (χ1n) is 3.17. The minimum atomic E-state index is -0.632. The maximum absolute atomic E-state index is 8.81. The summed E-state index contributed by atoms with van der Waals surface area (Å²) in [5.41, 5.74) is 0. The van der Waals surface area contributed by atoms with E-state index in [4.69, 9.17) is 5.11 Å². The molecule has 0 rings (SSSR count). The first-order chi connectivity index (χ1) is 4.31. The summed E-state index contributed by atoms with van der Waals surface area (Å²) in [6.07, 6.45) is 4.88. The van der Waals surface area contributed by atoms with Crippen molar-refractivity contribution >= 4 is 0 Å². The summed E-state index contributed by atoms with van der Waals surface area (Å²) in [5, 5.41) is 8.81. The number of ether oxygens (including phenoxy) is 1. The predicted octanol–water partition coefficient (Wildman–Crippen LogP) is 1.31. The van der Waals surface area contributed by atoms with Crippen molar-refractivity contribution in [2.24, 2.45) is 0 Å². The van der Waals surface area contributed by atoms with Crippen molar-refractivity contribution in [1.82, 2.24) is 0 Å². The monoisotopic (exact) mass is 130 g/mol. The number of hydrogen-bond donors (Lipinski definition) is 1. The van der Waals surface area contributed by atoms with E-state index < -0.39 is 6.29 Å². The number of allylic oxidation sites excluding steroid dienone is 1. The van der Waals surface area contributed by atoms with Crippen LogP contribution in [-0.2, 0) is 4.74 Å². The maximum Gasteiger partial charge on any atom is 0.157 e. The van der Waals surface area contributed by atoms with Gasteiger partial charge in [0.1, 0.15) is 0 Å². The Morgan fingerprint density at radius 3 is 2.67 bits per heavy atom. The van der Waals surface area contributed by atoms with Crippen LogP contribution in [0.25, 0.3) is 0 Å². The van der Waals surface area contributed by atoms with Crippen molar-refractivity contribution in [2.45, 2.75) is 26.1 Å². The molecule has 0 aliphatic heterocycles. The molecule has 2 heteroatoms. The lowest BCUT2D eigenvalue weighted by atomic mass is 10.3. The van der Waals surface area contributed by atoms with E-state index in [0.717, 1.165) is 6.42 Å². The molecule has 1 N–H and O–H groups in total. The summed E-state index contributed by atoms with van der Waals surface area (Å²) in [7, 11) is 1.49. The highest BCUT2D eigenvalue weighted by molar-refractivity contribution is 4.80. The van der Waals surface area contributed by atoms with E-state index in [1.54, 1.807) is 0 Å². The minimum absolute atomic E-state index is 0.588. The molecular formula is C7H14O2. The lowest BCUT2D eigenvalue weighted by molar-refractivity contribution is -0.0702. The Morgan fingerprint density at radius 2 is 2.22 bits per heavy atom. The third-order valence-electron chi connectivity index (χ3n) is 1.01. The standard InChI is InChI=1S/C7H14O2/c1-3-4-5-6-7(8)9-2/h4-5,7-8H,3,6H2,1-2H3/b5-4+/t7-/m0/s1. The largest absolute Gasteiger partial charge is 0.368 e. The fourth-order valence-corrected chi connectivity index (χ4v) is 0.476. The highest BCUT2D eigenvalue weighted by Crippen LogP contribution is 1.93. The number of aliphatic hydroxyl groups is 1. The number of aliphatic hydroxyl groups excluding tert-OH is 1. The molecule has 0 saturated heterocycles. The Bertz CT molecular complexity index is 79.0. The lowest BCUT2D eigenvalue weighted by Crippen LogP contribution is -2.06. The van der Waals surface area contributed by atoms with Gasteiger partial charge in [-0.3, -0.25) is 0 Å². The molecule has 0 aromatic rings. The summed E-state index contributed by atoms with van der Waals surface area (Å²) in [6.45, 7) is 2.05. The van der Waals surface area contributed by atoms with Crippen molar-refractivity contribution in [2.75, 3.05) is 7.11 Å². The van der Waals surface area contributed by atoms with E-state index in [1.807, 2.05) is 12.2 Å². The summed E-state index contributed by atoms with van der Waals surface area (Å²) in [5.74, 6) is 0. The van der Waals surface area contributed by atoms with Crippen LogP contribution >= 0.6 is 0 Å². The van der Waals surface area contributed by atoms with Crippen LogP contribution in [0.15, 0.2) is 12.2 Å². The van der Waals surface area contributed by atoms with Gasteiger partial charge < -0.3 is 9.84 Å². The topological polar surface area (TPSA) is 29.5 Å². The quantitative estimate of drug-likeness (QED) is 0.459. The van der Waals surface area contributed by atoms with Gasteiger partial charge in [-0.05, 0) is 6.42 Å². The van der Waals surface area contributed by atoms with E-state index in [2.05, 4.69) is 11.7 Å². The molecule has 0 aromatic heterocycles. The van der Waals surface area contributed by atoms with E-state index >= 15 is 0 Å². The average molecular weight is 130 g/mol. The second-order valence-electron chi connectivity index (χ2n) is 1.81. The van der Waals surface area contributed by atoms with Gasteiger partial charge in [-0.1, -0.05) is 19.1 Å². The minimum Gasteiger partial charge on any atom is -0.368 e. The van der Waals surface area contributed by atoms with Crippen LogP contribution in [0.5, 0.6) is 0 Å². The summed E-state index contributed by atoms with van der Waals surface area (Å²) < 4.78 is 4.60. The Morgan fingerprint density at radius 1 is 1.56 bits per heavy atom. The third-order valence-corrected chi connectivity index (χ3v) is 1.01. The molecule has 0 bridgehead atoms. The van der Waals surface area contributed by atoms with Gasteiger partial charge in [-0.25, -0.2) is 0 Å². The Labute approximate surface area is 56.1 Å². The van der Waals surface area contributed by atoms with Crippen molar-refractivity contribution in [1.29, 1.82) is 0 Å². The molecular weight excluding hydrogens is 116 g/mol. The maximum atomic E-state index is 8.81. The van der Waals surface area contributed by atoms with Gasteiger partial charge in [0.25, 0.3) is 0 Å². The highest BCUT2D eigenvalue weighted by atomic mass is 16.6.